The normalized spacial score (nSPS) is 10.3. The van der Waals surface area contributed by atoms with Crippen LogP contribution < -0.4 is 10.1 Å². The van der Waals surface area contributed by atoms with Crippen LogP contribution in [0.15, 0.2) is 30.5 Å². The van der Waals surface area contributed by atoms with Gasteiger partial charge in [-0.1, -0.05) is 0 Å². The Bertz CT molecular complexity index is 688. The zero-order valence-electron chi connectivity index (χ0n) is 12.4. The van der Waals surface area contributed by atoms with E-state index in [1.807, 2.05) is 6.92 Å². The van der Waals surface area contributed by atoms with Gasteiger partial charge in [-0.25, -0.2) is 4.98 Å². The van der Waals surface area contributed by atoms with Crippen LogP contribution in [0.1, 0.15) is 11.1 Å². The van der Waals surface area contributed by atoms with Gasteiger partial charge in [-0.05, 0) is 43.7 Å². The van der Waals surface area contributed by atoms with Gasteiger partial charge in [0.1, 0.15) is 12.4 Å². The molecule has 0 aliphatic carbocycles. The van der Waals surface area contributed by atoms with Crippen molar-refractivity contribution >= 4 is 17.2 Å². The maximum Gasteiger partial charge on any atom is 0.314 e. The van der Waals surface area contributed by atoms with Gasteiger partial charge in [0.25, 0.3) is 0 Å². The largest absolute Gasteiger partial charge is 0.491 e. The second-order valence-corrected chi connectivity index (χ2v) is 4.76. The van der Waals surface area contributed by atoms with Crippen LogP contribution >= 0.6 is 0 Å². The van der Waals surface area contributed by atoms with Crippen LogP contribution in [0.2, 0.25) is 0 Å². The summed E-state index contributed by atoms with van der Waals surface area (Å²) in [5.74, 6) is 0.861. The molecule has 0 amide bonds. The summed E-state index contributed by atoms with van der Waals surface area (Å²) in [5.41, 5.74) is 2.03. The van der Waals surface area contributed by atoms with Gasteiger partial charge in [0, 0.05) is 17.4 Å². The van der Waals surface area contributed by atoms with Crippen molar-refractivity contribution in [3.05, 3.63) is 51.7 Å². The lowest BCUT2D eigenvalue weighted by Gasteiger charge is -2.11. The number of aryl methyl sites for hydroxylation is 2. The second-order valence-electron chi connectivity index (χ2n) is 4.76. The van der Waals surface area contributed by atoms with Crippen molar-refractivity contribution in [3.8, 4) is 5.75 Å². The first-order chi connectivity index (χ1) is 10.5. The van der Waals surface area contributed by atoms with E-state index in [4.69, 9.17) is 9.84 Å². The van der Waals surface area contributed by atoms with Crippen LogP contribution in [-0.2, 0) is 0 Å². The molecule has 0 atom stereocenters. The summed E-state index contributed by atoms with van der Waals surface area (Å²) in [6, 6.07) is 6.89. The molecular weight excluding hydrogens is 286 g/mol. The van der Waals surface area contributed by atoms with E-state index < -0.39 is 4.92 Å². The minimum Gasteiger partial charge on any atom is -0.491 e. The number of aliphatic hydroxyl groups excluding tert-OH is 1. The van der Waals surface area contributed by atoms with E-state index in [1.165, 1.54) is 6.20 Å². The van der Waals surface area contributed by atoms with Crippen molar-refractivity contribution in [2.24, 2.45) is 0 Å². The van der Waals surface area contributed by atoms with Crippen molar-refractivity contribution in [1.82, 2.24) is 4.98 Å². The summed E-state index contributed by atoms with van der Waals surface area (Å²) in [4.78, 5) is 14.7. The van der Waals surface area contributed by atoms with Gasteiger partial charge in [0.15, 0.2) is 0 Å². The number of ether oxygens (including phenoxy) is 1. The minimum atomic E-state index is -0.448. The molecule has 2 rings (SSSR count). The van der Waals surface area contributed by atoms with Crippen LogP contribution in [0.3, 0.4) is 0 Å². The zero-order valence-corrected chi connectivity index (χ0v) is 12.4. The number of aliphatic hydroxyl groups is 1. The number of hydrogen-bond acceptors (Lipinski definition) is 6. The Morgan fingerprint density at radius 3 is 2.73 bits per heavy atom. The van der Waals surface area contributed by atoms with E-state index in [2.05, 4.69) is 10.3 Å². The Morgan fingerprint density at radius 2 is 2.09 bits per heavy atom. The first-order valence-electron chi connectivity index (χ1n) is 6.74. The van der Waals surface area contributed by atoms with E-state index in [1.54, 1.807) is 31.2 Å². The molecule has 0 spiro atoms. The summed E-state index contributed by atoms with van der Waals surface area (Å²) in [5, 5.41) is 22.9. The standard InChI is InChI=1S/C15H17N3O4/c1-10-5-6-16-15(14(10)18(20)21)17-12-3-4-13(11(2)9-12)22-8-7-19/h3-6,9,19H,7-8H2,1-2H3,(H,16,17). The number of pyridine rings is 1. The van der Waals surface area contributed by atoms with Crippen LogP contribution in [-0.4, -0.2) is 28.2 Å². The van der Waals surface area contributed by atoms with Crippen LogP contribution in [0, 0.1) is 24.0 Å². The Labute approximate surface area is 127 Å². The van der Waals surface area contributed by atoms with E-state index in [0.717, 1.165) is 5.56 Å². The lowest BCUT2D eigenvalue weighted by Crippen LogP contribution is -2.04. The second kappa shape index (κ2) is 6.86. The third-order valence-electron chi connectivity index (χ3n) is 3.10. The molecule has 2 aromatic rings. The van der Waals surface area contributed by atoms with E-state index in [9.17, 15) is 10.1 Å². The van der Waals surface area contributed by atoms with Gasteiger partial charge in [-0.15, -0.1) is 0 Å². The number of benzene rings is 1. The quantitative estimate of drug-likeness (QED) is 0.629. The molecule has 1 aromatic heterocycles. The number of aromatic nitrogens is 1. The summed E-state index contributed by atoms with van der Waals surface area (Å²) in [6.45, 7) is 3.69. The van der Waals surface area contributed by atoms with Crippen molar-refractivity contribution in [2.45, 2.75) is 13.8 Å². The maximum absolute atomic E-state index is 11.2. The number of hydrogen-bond donors (Lipinski definition) is 2. The predicted octanol–water partition coefficient (Wildman–Crippen LogP) is 2.72. The number of nitro groups is 1. The van der Waals surface area contributed by atoms with Crippen molar-refractivity contribution in [2.75, 3.05) is 18.5 Å². The van der Waals surface area contributed by atoms with Crippen LogP contribution in [0.5, 0.6) is 5.75 Å². The highest BCUT2D eigenvalue weighted by molar-refractivity contribution is 5.68. The molecule has 1 aromatic carbocycles. The molecule has 22 heavy (non-hydrogen) atoms. The van der Waals surface area contributed by atoms with E-state index >= 15 is 0 Å². The van der Waals surface area contributed by atoms with Gasteiger partial charge >= 0.3 is 5.69 Å². The fourth-order valence-corrected chi connectivity index (χ4v) is 2.05. The van der Waals surface area contributed by atoms with Gasteiger partial charge in [0.2, 0.25) is 5.82 Å². The molecule has 0 radical (unpaired) electrons. The zero-order chi connectivity index (χ0) is 16.1. The third-order valence-corrected chi connectivity index (χ3v) is 3.10. The molecule has 7 nitrogen and oxygen atoms in total. The van der Waals surface area contributed by atoms with Crippen LogP contribution in [0.25, 0.3) is 0 Å². The van der Waals surface area contributed by atoms with Crippen molar-refractivity contribution < 1.29 is 14.8 Å². The smallest absolute Gasteiger partial charge is 0.314 e. The molecule has 0 saturated carbocycles. The fraction of sp³-hybridized carbons (Fsp3) is 0.267. The Morgan fingerprint density at radius 1 is 1.32 bits per heavy atom. The summed E-state index contributed by atoms with van der Waals surface area (Å²) >= 11 is 0. The lowest BCUT2D eigenvalue weighted by atomic mass is 10.2. The van der Waals surface area contributed by atoms with E-state index in [-0.39, 0.29) is 24.7 Å². The van der Waals surface area contributed by atoms with Gasteiger partial charge < -0.3 is 15.2 Å². The highest BCUT2D eigenvalue weighted by atomic mass is 16.6. The minimum absolute atomic E-state index is 0.0410. The summed E-state index contributed by atoms with van der Waals surface area (Å²) in [7, 11) is 0. The van der Waals surface area contributed by atoms with E-state index in [0.29, 0.717) is 17.0 Å². The Balaban J connectivity index is 2.27. The molecule has 7 heteroatoms. The Hall–Kier alpha value is -2.67. The highest BCUT2D eigenvalue weighted by Crippen LogP contribution is 2.30. The highest BCUT2D eigenvalue weighted by Gasteiger charge is 2.18. The fourth-order valence-electron chi connectivity index (χ4n) is 2.05. The molecule has 0 unspecified atom stereocenters. The molecule has 0 aliphatic rings. The molecule has 0 fully saturated rings. The maximum atomic E-state index is 11.2. The first kappa shape index (κ1) is 15.7. The SMILES string of the molecule is Cc1cc(Nc2nccc(C)c2[N+](=O)[O-])ccc1OCCO. The van der Waals surface area contributed by atoms with Gasteiger partial charge in [0.05, 0.1) is 11.5 Å². The predicted molar refractivity (Wildman–Crippen MR) is 82.7 cm³/mol. The van der Waals surface area contributed by atoms with Gasteiger partial charge in [-0.3, -0.25) is 10.1 Å². The summed E-state index contributed by atoms with van der Waals surface area (Å²) in [6.07, 6.45) is 1.52. The first-order valence-corrected chi connectivity index (χ1v) is 6.74. The topological polar surface area (TPSA) is 97.5 Å². The van der Waals surface area contributed by atoms with Crippen molar-refractivity contribution in [1.29, 1.82) is 0 Å². The number of rotatable bonds is 6. The molecule has 2 N–H and O–H groups in total. The van der Waals surface area contributed by atoms with Crippen molar-refractivity contribution in [3.63, 3.8) is 0 Å². The number of anilines is 2. The average molecular weight is 303 g/mol. The number of nitrogens with zero attached hydrogens (tertiary/aromatic N) is 2. The Kier molecular flexibility index (Phi) is 4.90. The third kappa shape index (κ3) is 3.50. The average Bonchev–Trinajstić information content (AvgIpc) is 2.46. The monoisotopic (exact) mass is 303 g/mol. The molecule has 1 heterocycles. The molecule has 0 bridgehead atoms. The van der Waals surface area contributed by atoms with Gasteiger partial charge in [-0.2, -0.15) is 0 Å². The summed E-state index contributed by atoms with van der Waals surface area (Å²) < 4.78 is 5.37. The molecule has 0 aliphatic heterocycles. The number of nitrogens with one attached hydrogen (secondary N) is 1. The van der Waals surface area contributed by atoms with Crippen LogP contribution in [0.4, 0.5) is 17.2 Å². The molecular formula is C15H17N3O4. The molecule has 116 valence electrons. The molecule has 0 saturated heterocycles. The lowest BCUT2D eigenvalue weighted by molar-refractivity contribution is -0.384.